The predicted octanol–water partition coefficient (Wildman–Crippen LogP) is 23.9. The van der Waals surface area contributed by atoms with Gasteiger partial charge in [0.1, 0.15) is 0 Å². The molecule has 0 aromatic rings. The van der Waals surface area contributed by atoms with E-state index in [1.54, 1.807) is 6.08 Å². The first-order valence-corrected chi connectivity index (χ1v) is 36.8. The average Bonchev–Trinajstić information content (AvgIpc) is 3.47. The third-order valence-corrected chi connectivity index (χ3v) is 17.2. The van der Waals surface area contributed by atoms with Gasteiger partial charge in [-0.1, -0.05) is 365 Å². The molecule has 0 aliphatic heterocycles. The minimum atomic E-state index is -0.841. The third-order valence-electron chi connectivity index (χ3n) is 17.2. The summed E-state index contributed by atoms with van der Waals surface area (Å²) in [7, 11) is 0. The summed E-state index contributed by atoms with van der Waals surface area (Å²) in [6, 6.07) is -0.624. The zero-order chi connectivity index (χ0) is 58.5. The van der Waals surface area contributed by atoms with Crippen LogP contribution >= 0.6 is 0 Å². The first kappa shape index (κ1) is 79.1. The number of aliphatic hydroxyl groups excluding tert-OH is 2. The Morgan fingerprint density at radius 2 is 0.617 bits per heavy atom. The van der Waals surface area contributed by atoms with Gasteiger partial charge in [-0.15, -0.1) is 0 Å². The average molecular weight is 1140 g/mol. The SMILES string of the molecule is CCCCC/C=C\C/C=C\CCCCCCCCCC(=O)OCCCCCCCCCCCCCCCCCCCCCCCCCCCCCCCCCCC(=O)NC(CO)C(O)/C=C/CCCCCCCCCCCCCCC. The molecular weight excluding hydrogens is 995 g/mol. The highest BCUT2D eigenvalue weighted by Crippen LogP contribution is 2.19. The molecule has 0 bridgehead atoms. The molecular formula is C75H143NO5. The molecule has 0 aliphatic rings. The van der Waals surface area contributed by atoms with E-state index in [1.807, 2.05) is 6.08 Å². The monoisotopic (exact) mass is 1140 g/mol. The number of rotatable bonds is 69. The Hall–Kier alpha value is -1.92. The highest BCUT2D eigenvalue weighted by Gasteiger charge is 2.18. The molecule has 0 rings (SSSR count). The number of carbonyl (C=O) groups excluding carboxylic acids is 2. The van der Waals surface area contributed by atoms with E-state index in [2.05, 4.69) is 43.5 Å². The molecule has 2 unspecified atom stereocenters. The third kappa shape index (κ3) is 67.1. The summed E-state index contributed by atoms with van der Waals surface area (Å²) < 4.78 is 5.50. The number of amides is 1. The summed E-state index contributed by atoms with van der Waals surface area (Å²) >= 11 is 0. The number of ether oxygens (including phenoxy) is 1. The van der Waals surface area contributed by atoms with E-state index in [-0.39, 0.29) is 18.5 Å². The quantitative estimate of drug-likeness (QED) is 0.0320. The van der Waals surface area contributed by atoms with Crippen LogP contribution in [-0.4, -0.2) is 47.4 Å². The molecule has 6 heteroatoms. The topological polar surface area (TPSA) is 95.9 Å². The summed E-state index contributed by atoms with van der Waals surface area (Å²) in [5.74, 6) is -0.0475. The largest absolute Gasteiger partial charge is 0.466 e. The lowest BCUT2D eigenvalue weighted by atomic mass is 10.0. The maximum Gasteiger partial charge on any atom is 0.305 e. The lowest BCUT2D eigenvalue weighted by Gasteiger charge is -2.20. The van der Waals surface area contributed by atoms with Crippen molar-refractivity contribution in [2.24, 2.45) is 0 Å². The second kappa shape index (κ2) is 70.6. The van der Waals surface area contributed by atoms with E-state index < -0.39 is 12.1 Å². The zero-order valence-electron chi connectivity index (χ0n) is 54.8. The highest BCUT2D eigenvalue weighted by atomic mass is 16.5. The van der Waals surface area contributed by atoms with Gasteiger partial charge in [0.2, 0.25) is 5.91 Å². The molecule has 6 nitrogen and oxygen atoms in total. The Bertz CT molecular complexity index is 1310. The van der Waals surface area contributed by atoms with E-state index >= 15 is 0 Å². The fourth-order valence-corrected chi connectivity index (χ4v) is 11.6. The number of carbonyl (C=O) groups is 2. The molecule has 3 N–H and O–H groups in total. The smallest absolute Gasteiger partial charge is 0.305 e. The van der Waals surface area contributed by atoms with Crippen LogP contribution < -0.4 is 5.32 Å². The Morgan fingerprint density at radius 3 is 0.963 bits per heavy atom. The lowest BCUT2D eigenvalue weighted by Crippen LogP contribution is -2.45. The molecule has 0 radical (unpaired) electrons. The van der Waals surface area contributed by atoms with E-state index in [0.29, 0.717) is 19.4 Å². The number of hydrogen-bond acceptors (Lipinski definition) is 5. The van der Waals surface area contributed by atoms with Crippen LogP contribution in [-0.2, 0) is 14.3 Å². The van der Waals surface area contributed by atoms with Gasteiger partial charge < -0.3 is 20.3 Å². The lowest BCUT2D eigenvalue weighted by molar-refractivity contribution is -0.143. The summed E-state index contributed by atoms with van der Waals surface area (Å²) in [4.78, 5) is 24.6. The van der Waals surface area contributed by atoms with Crippen molar-refractivity contribution in [3.63, 3.8) is 0 Å². The second-order valence-electron chi connectivity index (χ2n) is 25.3. The van der Waals surface area contributed by atoms with Gasteiger partial charge in [0.15, 0.2) is 0 Å². The summed E-state index contributed by atoms with van der Waals surface area (Å²) in [6.45, 7) is 4.91. The molecule has 81 heavy (non-hydrogen) atoms. The number of unbranched alkanes of at least 4 members (excludes halogenated alkanes) is 54. The first-order chi connectivity index (χ1) is 40.0. The van der Waals surface area contributed by atoms with Crippen LogP contribution in [0.1, 0.15) is 406 Å². The molecule has 0 aromatic carbocycles. The Kier molecular flexibility index (Phi) is 68.9. The number of hydrogen-bond donors (Lipinski definition) is 3. The Morgan fingerprint density at radius 1 is 0.346 bits per heavy atom. The van der Waals surface area contributed by atoms with Gasteiger partial charge >= 0.3 is 5.97 Å². The number of aliphatic hydroxyl groups is 2. The maximum atomic E-state index is 12.5. The molecule has 0 spiro atoms. The normalized spacial score (nSPS) is 12.7. The molecule has 0 aliphatic carbocycles. The van der Waals surface area contributed by atoms with Crippen molar-refractivity contribution in [1.29, 1.82) is 0 Å². The number of esters is 1. The summed E-state index contributed by atoms with van der Waals surface area (Å²) in [5.41, 5.74) is 0. The van der Waals surface area contributed by atoms with Crippen LogP contribution in [0.25, 0.3) is 0 Å². The second-order valence-corrected chi connectivity index (χ2v) is 25.3. The first-order valence-electron chi connectivity index (χ1n) is 36.8. The van der Waals surface area contributed by atoms with Crippen molar-refractivity contribution in [1.82, 2.24) is 5.32 Å². The van der Waals surface area contributed by atoms with Gasteiger partial charge in [-0.05, 0) is 64.2 Å². The van der Waals surface area contributed by atoms with E-state index in [4.69, 9.17) is 4.74 Å². The summed E-state index contributed by atoms with van der Waals surface area (Å²) in [5, 5.41) is 23.2. The van der Waals surface area contributed by atoms with Gasteiger partial charge in [-0.25, -0.2) is 0 Å². The van der Waals surface area contributed by atoms with Crippen LogP contribution in [0.2, 0.25) is 0 Å². The fraction of sp³-hybridized carbons (Fsp3) is 0.893. The van der Waals surface area contributed by atoms with E-state index in [9.17, 15) is 19.8 Å². The van der Waals surface area contributed by atoms with Crippen molar-refractivity contribution in [2.75, 3.05) is 13.2 Å². The van der Waals surface area contributed by atoms with Crippen LogP contribution in [0.15, 0.2) is 36.5 Å². The van der Waals surface area contributed by atoms with E-state index in [1.165, 1.54) is 327 Å². The molecule has 2 atom stereocenters. The van der Waals surface area contributed by atoms with Gasteiger partial charge in [0, 0.05) is 12.8 Å². The van der Waals surface area contributed by atoms with Crippen molar-refractivity contribution >= 4 is 11.9 Å². The molecule has 478 valence electrons. The summed E-state index contributed by atoms with van der Waals surface area (Å²) in [6.07, 6.45) is 91.0. The van der Waals surface area contributed by atoms with Crippen molar-refractivity contribution in [2.45, 2.75) is 418 Å². The highest BCUT2D eigenvalue weighted by molar-refractivity contribution is 5.76. The Balaban J connectivity index is 3.33. The molecule has 0 saturated heterocycles. The van der Waals surface area contributed by atoms with Crippen molar-refractivity contribution in [3.8, 4) is 0 Å². The van der Waals surface area contributed by atoms with Crippen molar-refractivity contribution in [3.05, 3.63) is 36.5 Å². The van der Waals surface area contributed by atoms with Crippen LogP contribution in [0.4, 0.5) is 0 Å². The molecule has 0 heterocycles. The standard InChI is InChI=1S/C75H143NO5/c1-3-5-7-9-11-13-15-17-19-36-41-45-49-53-57-61-65-69-75(80)81-70-66-62-58-54-50-46-42-38-35-33-31-29-27-25-23-21-20-22-24-26-28-30-32-34-37-40-44-48-52-56-60-64-68-74(79)76-72(71-77)73(78)67-63-59-55-51-47-43-39-18-16-14-12-10-8-6-4-2/h11,13,17,19,63,67,72-73,77-78H,3-10,12,14-16,18,20-62,64-66,68-71H2,1-2H3,(H,76,79)/b13-11-,19-17-,67-63+. The molecule has 1 amide bonds. The molecule has 0 saturated carbocycles. The molecule has 0 fully saturated rings. The number of nitrogens with one attached hydrogen (secondary N) is 1. The minimum Gasteiger partial charge on any atom is -0.466 e. The van der Waals surface area contributed by atoms with Crippen molar-refractivity contribution < 1.29 is 24.5 Å². The minimum absolute atomic E-state index is 0.0136. The van der Waals surface area contributed by atoms with Gasteiger partial charge in [-0.3, -0.25) is 9.59 Å². The van der Waals surface area contributed by atoms with Gasteiger partial charge in [-0.2, -0.15) is 0 Å². The van der Waals surface area contributed by atoms with Gasteiger partial charge in [0.25, 0.3) is 0 Å². The van der Waals surface area contributed by atoms with E-state index in [0.717, 1.165) is 51.4 Å². The fourth-order valence-electron chi connectivity index (χ4n) is 11.6. The number of allylic oxidation sites excluding steroid dienone is 5. The van der Waals surface area contributed by atoms with Crippen LogP contribution in [0.3, 0.4) is 0 Å². The van der Waals surface area contributed by atoms with Crippen LogP contribution in [0.5, 0.6) is 0 Å². The Labute approximate surface area is 506 Å². The zero-order valence-corrected chi connectivity index (χ0v) is 54.8. The molecule has 0 aromatic heterocycles. The predicted molar refractivity (Wildman–Crippen MR) is 356 cm³/mol. The maximum absolute atomic E-state index is 12.5. The van der Waals surface area contributed by atoms with Crippen LogP contribution in [0, 0.1) is 0 Å². The van der Waals surface area contributed by atoms with Gasteiger partial charge in [0.05, 0.1) is 25.4 Å².